The Morgan fingerprint density at radius 3 is 2.30 bits per heavy atom. The van der Waals surface area contributed by atoms with Crippen LogP contribution in [0.4, 0.5) is 4.79 Å². The molecule has 1 rings (SSSR count). The molecule has 0 aliphatic carbocycles. The number of alkyl carbamates (subject to hydrolysis) is 1. The zero-order chi connectivity index (χ0) is 17.5. The molecule has 6 nitrogen and oxygen atoms in total. The normalized spacial score (nSPS) is 12.3. The molecule has 0 bridgehead atoms. The summed E-state index contributed by atoms with van der Waals surface area (Å²) in [6.07, 6.45) is 0.346. The summed E-state index contributed by atoms with van der Waals surface area (Å²) in [5.41, 5.74) is 0.114. The number of hydrogen-bond donors (Lipinski definition) is 2. The standard InChI is InChI=1S/C17H25NO5/c1-5-10-22-13-8-6-12(7-9-13)11-14(15(19)20)18-16(21)23-17(2,3)4/h6-9,14H,5,10-11H2,1-4H3,(H,18,21)(H,19,20)/t14-/m0/s1. The number of aliphatic carboxylic acids is 1. The van der Waals surface area contributed by atoms with Crippen LogP contribution in [0.25, 0.3) is 0 Å². The highest BCUT2D eigenvalue weighted by Gasteiger charge is 2.24. The predicted molar refractivity (Wildman–Crippen MR) is 86.7 cm³/mol. The van der Waals surface area contributed by atoms with E-state index in [1.54, 1.807) is 45.0 Å². The molecule has 1 aromatic rings. The fourth-order valence-electron chi connectivity index (χ4n) is 1.83. The lowest BCUT2D eigenvalue weighted by molar-refractivity contribution is -0.139. The van der Waals surface area contributed by atoms with Gasteiger partial charge in [-0.15, -0.1) is 0 Å². The van der Waals surface area contributed by atoms with Crippen molar-refractivity contribution in [1.82, 2.24) is 5.32 Å². The Balaban J connectivity index is 2.65. The zero-order valence-electron chi connectivity index (χ0n) is 14.1. The van der Waals surface area contributed by atoms with Crippen LogP contribution in [0.5, 0.6) is 5.75 Å². The van der Waals surface area contributed by atoms with Crippen molar-refractivity contribution in [2.45, 2.75) is 52.2 Å². The maximum absolute atomic E-state index is 11.7. The molecule has 6 heteroatoms. The lowest BCUT2D eigenvalue weighted by Crippen LogP contribution is -2.44. The van der Waals surface area contributed by atoms with Gasteiger partial charge in [0.25, 0.3) is 0 Å². The number of nitrogens with one attached hydrogen (secondary N) is 1. The first-order chi connectivity index (χ1) is 10.7. The first kappa shape index (κ1) is 18.8. The van der Waals surface area contributed by atoms with Crippen molar-refractivity contribution >= 4 is 12.1 Å². The van der Waals surface area contributed by atoms with Gasteiger partial charge in [-0.3, -0.25) is 0 Å². The Morgan fingerprint density at radius 2 is 1.83 bits per heavy atom. The summed E-state index contributed by atoms with van der Waals surface area (Å²) < 4.78 is 10.6. The van der Waals surface area contributed by atoms with E-state index in [1.165, 1.54) is 0 Å². The molecule has 0 saturated carbocycles. The van der Waals surface area contributed by atoms with E-state index in [4.69, 9.17) is 9.47 Å². The number of carbonyl (C=O) groups is 2. The van der Waals surface area contributed by atoms with Crippen LogP contribution in [-0.4, -0.2) is 35.4 Å². The van der Waals surface area contributed by atoms with Crippen LogP contribution < -0.4 is 10.1 Å². The summed E-state index contributed by atoms with van der Waals surface area (Å²) in [4.78, 5) is 23.0. The molecule has 0 aromatic heterocycles. The molecule has 23 heavy (non-hydrogen) atoms. The highest BCUT2D eigenvalue weighted by molar-refractivity contribution is 5.80. The number of amides is 1. The van der Waals surface area contributed by atoms with Gasteiger partial charge >= 0.3 is 12.1 Å². The molecule has 0 radical (unpaired) electrons. The summed E-state index contributed by atoms with van der Waals surface area (Å²) in [5.74, 6) is -0.371. The number of carboxylic acids is 1. The van der Waals surface area contributed by atoms with Crippen molar-refractivity contribution < 1.29 is 24.2 Å². The molecule has 1 amide bonds. The third kappa shape index (κ3) is 7.54. The fraction of sp³-hybridized carbons (Fsp3) is 0.529. The van der Waals surface area contributed by atoms with E-state index in [1.807, 2.05) is 6.92 Å². The summed E-state index contributed by atoms with van der Waals surface area (Å²) in [6.45, 7) is 7.82. The van der Waals surface area contributed by atoms with Crippen LogP contribution in [0.15, 0.2) is 24.3 Å². The van der Waals surface area contributed by atoms with Crippen molar-refractivity contribution in [2.24, 2.45) is 0 Å². The highest BCUT2D eigenvalue weighted by atomic mass is 16.6. The van der Waals surface area contributed by atoms with E-state index in [9.17, 15) is 14.7 Å². The van der Waals surface area contributed by atoms with Crippen LogP contribution in [0.2, 0.25) is 0 Å². The van der Waals surface area contributed by atoms with Gasteiger partial charge in [-0.05, 0) is 44.9 Å². The van der Waals surface area contributed by atoms with Gasteiger partial charge in [-0.25, -0.2) is 9.59 Å². The molecule has 128 valence electrons. The average molecular weight is 323 g/mol. The van der Waals surface area contributed by atoms with Crippen LogP contribution in [0, 0.1) is 0 Å². The molecule has 0 aliphatic rings. The molecule has 2 N–H and O–H groups in total. The van der Waals surface area contributed by atoms with Gasteiger partial charge in [-0.1, -0.05) is 19.1 Å². The van der Waals surface area contributed by atoms with Gasteiger partial charge in [-0.2, -0.15) is 0 Å². The minimum absolute atomic E-state index is 0.169. The van der Waals surface area contributed by atoms with Gasteiger partial charge in [0, 0.05) is 6.42 Å². The Bertz CT molecular complexity index is 519. The van der Waals surface area contributed by atoms with E-state index in [0.717, 1.165) is 17.7 Å². The van der Waals surface area contributed by atoms with Crippen molar-refractivity contribution in [3.8, 4) is 5.75 Å². The predicted octanol–water partition coefficient (Wildman–Crippen LogP) is 3.00. The molecule has 0 saturated heterocycles. The van der Waals surface area contributed by atoms with Gasteiger partial charge < -0.3 is 19.9 Å². The second kappa shape index (κ2) is 8.41. The smallest absolute Gasteiger partial charge is 0.408 e. The molecule has 1 aromatic carbocycles. The maximum atomic E-state index is 11.7. The monoisotopic (exact) mass is 323 g/mol. The third-order valence-corrected chi connectivity index (χ3v) is 2.83. The van der Waals surface area contributed by atoms with Crippen LogP contribution in [-0.2, 0) is 16.0 Å². The van der Waals surface area contributed by atoms with E-state index in [-0.39, 0.29) is 6.42 Å². The minimum Gasteiger partial charge on any atom is -0.494 e. The summed E-state index contributed by atoms with van der Waals surface area (Å²) in [6, 6.07) is 6.11. The summed E-state index contributed by atoms with van der Waals surface area (Å²) in [5, 5.41) is 11.6. The lowest BCUT2D eigenvalue weighted by atomic mass is 10.1. The number of carboxylic acid groups (broad SMARTS) is 1. The molecule has 0 heterocycles. The van der Waals surface area contributed by atoms with Crippen LogP contribution in [0.3, 0.4) is 0 Å². The topological polar surface area (TPSA) is 84.9 Å². The first-order valence-corrected chi connectivity index (χ1v) is 7.65. The third-order valence-electron chi connectivity index (χ3n) is 2.83. The van der Waals surface area contributed by atoms with Crippen LogP contribution in [0.1, 0.15) is 39.7 Å². The summed E-state index contributed by atoms with van der Waals surface area (Å²) >= 11 is 0. The highest BCUT2D eigenvalue weighted by Crippen LogP contribution is 2.14. The largest absolute Gasteiger partial charge is 0.494 e. The van der Waals surface area contributed by atoms with E-state index in [2.05, 4.69) is 5.32 Å². The molecule has 1 atom stereocenters. The first-order valence-electron chi connectivity index (χ1n) is 7.65. The quantitative estimate of drug-likeness (QED) is 0.806. The number of hydrogen-bond acceptors (Lipinski definition) is 4. The number of benzene rings is 1. The molecule has 0 fully saturated rings. The fourth-order valence-corrected chi connectivity index (χ4v) is 1.83. The van der Waals surface area contributed by atoms with Crippen molar-refractivity contribution in [2.75, 3.05) is 6.61 Å². The lowest BCUT2D eigenvalue weighted by Gasteiger charge is -2.22. The number of carbonyl (C=O) groups excluding carboxylic acids is 1. The Labute approximate surface area is 136 Å². The summed E-state index contributed by atoms with van der Waals surface area (Å²) in [7, 11) is 0. The maximum Gasteiger partial charge on any atom is 0.408 e. The second-order valence-corrected chi connectivity index (χ2v) is 6.23. The number of rotatable bonds is 7. The van der Waals surface area contributed by atoms with Crippen molar-refractivity contribution in [1.29, 1.82) is 0 Å². The Hall–Kier alpha value is -2.24. The van der Waals surface area contributed by atoms with Gasteiger partial charge in [0.05, 0.1) is 6.61 Å². The van der Waals surface area contributed by atoms with Crippen LogP contribution >= 0.6 is 0 Å². The number of ether oxygens (including phenoxy) is 2. The Morgan fingerprint density at radius 1 is 1.22 bits per heavy atom. The second-order valence-electron chi connectivity index (χ2n) is 6.23. The Kier molecular flexibility index (Phi) is 6.88. The van der Waals surface area contributed by atoms with E-state index < -0.39 is 23.7 Å². The molecule has 0 unspecified atom stereocenters. The van der Waals surface area contributed by atoms with Crippen molar-refractivity contribution in [3.63, 3.8) is 0 Å². The van der Waals surface area contributed by atoms with E-state index >= 15 is 0 Å². The molecular weight excluding hydrogens is 298 g/mol. The molecular formula is C17H25NO5. The van der Waals surface area contributed by atoms with E-state index in [0.29, 0.717) is 6.61 Å². The zero-order valence-corrected chi connectivity index (χ0v) is 14.1. The molecule has 0 aliphatic heterocycles. The minimum atomic E-state index is -1.11. The van der Waals surface area contributed by atoms with Crippen molar-refractivity contribution in [3.05, 3.63) is 29.8 Å². The molecule has 0 spiro atoms. The van der Waals surface area contributed by atoms with Gasteiger partial charge in [0.2, 0.25) is 0 Å². The van der Waals surface area contributed by atoms with Gasteiger partial charge in [0.1, 0.15) is 17.4 Å². The SMILES string of the molecule is CCCOc1ccc(C[C@H](NC(=O)OC(C)(C)C)C(=O)O)cc1. The average Bonchev–Trinajstić information content (AvgIpc) is 2.43. The van der Waals surface area contributed by atoms with Gasteiger partial charge in [0.15, 0.2) is 0 Å².